The highest BCUT2D eigenvalue weighted by Gasteiger charge is 2.48. The number of nitriles is 1. The summed E-state index contributed by atoms with van der Waals surface area (Å²) in [6, 6.07) is 5.48. The van der Waals surface area contributed by atoms with Crippen molar-refractivity contribution in [2.24, 2.45) is 0 Å². The van der Waals surface area contributed by atoms with Gasteiger partial charge < -0.3 is 4.18 Å². The van der Waals surface area contributed by atoms with Gasteiger partial charge in [0.15, 0.2) is 5.75 Å². The maximum absolute atomic E-state index is 12.2. The van der Waals surface area contributed by atoms with Crippen molar-refractivity contribution in [1.82, 2.24) is 0 Å². The minimum atomic E-state index is -5.72. The summed E-state index contributed by atoms with van der Waals surface area (Å²) >= 11 is 1.11. The van der Waals surface area contributed by atoms with Crippen LogP contribution in [0, 0.1) is 11.3 Å². The third-order valence-corrected chi connectivity index (χ3v) is 4.09. The molecule has 0 saturated heterocycles. The van der Waals surface area contributed by atoms with Gasteiger partial charge in [0.2, 0.25) is 0 Å². The number of nitrogens with zero attached hydrogens (tertiary/aromatic N) is 1. The molecule has 0 amide bonds. The van der Waals surface area contributed by atoms with E-state index in [2.05, 4.69) is 4.18 Å². The topological polar surface area (TPSA) is 67.2 Å². The van der Waals surface area contributed by atoms with E-state index < -0.39 is 21.4 Å². The first-order valence-electron chi connectivity index (χ1n) is 4.67. The van der Waals surface area contributed by atoms with Crippen molar-refractivity contribution in [1.29, 1.82) is 5.26 Å². The fourth-order valence-corrected chi connectivity index (χ4v) is 2.72. The molecule has 1 aromatic heterocycles. The number of hydrogen-bond acceptors (Lipinski definition) is 5. The van der Waals surface area contributed by atoms with E-state index in [0.29, 0.717) is 4.70 Å². The zero-order valence-electron chi connectivity index (χ0n) is 8.93. The Morgan fingerprint density at radius 1 is 1.26 bits per heavy atom. The second-order valence-electron chi connectivity index (χ2n) is 3.37. The van der Waals surface area contributed by atoms with Crippen LogP contribution in [0.25, 0.3) is 10.1 Å². The molecule has 0 atom stereocenters. The molecule has 0 aliphatic heterocycles. The van der Waals surface area contributed by atoms with Crippen LogP contribution in [0.3, 0.4) is 0 Å². The number of fused-ring (bicyclic) bond motifs is 1. The SMILES string of the molecule is N#Cc1ccc(OS(=O)(=O)C(F)(F)F)c2ccsc12. The third-order valence-electron chi connectivity index (χ3n) is 2.18. The van der Waals surface area contributed by atoms with E-state index in [1.165, 1.54) is 17.5 Å². The average molecular weight is 307 g/mol. The molecule has 2 aromatic rings. The minimum absolute atomic E-state index is 0.150. The number of halogens is 3. The molecular formula is C10H4F3NO3S2. The van der Waals surface area contributed by atoms with Gasteiger partial charge in [-0.2, -0.15) is 26.9 Å². The van der Waals surface area contributed by atoms with Gasteiger partial charge in [-0.15, -0.1) is 11.3 Å². The lowest BCUT2D eigenvalue weighted by Gasteiger charge is -2.10. The molecule has 0 aliphatic rings. The predicted octanol–water partition coefficient (Wildman–Crippen LogP) is 3.00. The number of alkyl halides is 3. The molecule has 0 N–H and O–H groups in total. The standard InChI is InChI=1S/C10H4F3NO3S2/c11-10(12,13)19(15,16)17-8-2-1-6(5-14)9-7(8)3-4-18-9/h1-4H. The van der Waals surface area contributed by atoms with Gasteiger partial charge in [0.05, 0.1) is 10.3 Å². The largest absolute Gasteiger partial charge is 0.534 e. The molecule has 0 aliphatic carbocycles. The Morgan fingerprint density at radius 2 is 1.95 bits per heavy atom. The third kappa shape index (κ3) is 2.36. The van der Waals surface area contributed by atoms with Crippen molar-refractivity contribution in [2.45, 2.75) is 5.51 Å². The van der Waals surface area contributed by atoms with Gasteiger partial charge in [-0.3, -0.25) is 0 Å². The van der Waals surface area contributed by atoms with E-state index in [9.17, 15) is 21.6 Å². The molecule has 0 radical (unpaired) electrons. The summed E-state index contributed by atoms with van der Waals surface area (Å²) in [5.74, 6) is -0.451. The van der Waals surface area contributed by atoms with Crippen molar-refractivity contribution in [2.75, 3.05) is 0 Å². The van der Waals surface area contributed by atoms with Crippen molar-refractivity contribution in [3.8, 4) is 11.8 Å². The molecule has 100 valence electrons. The van der Waals surface area contributed by atoms with Crippen LogP contribution in [0.1, 0.15) is 5.56 Å². The molecule has 0 fully saturated rings. The van der Waals surface area contributed by atoms with E-state index in [-0.39, 0.29) is 10.9 Å². The average Bonchev–Trinajstić information content (AvgIpc) is 2.77. The van der Waals surface area contributed by atoms with Gasteiger partial charge in [0, 0.05) is 5.39 Å². The number of benzene rings is 1. The Kier molecular flexibility index (Phi) is 3.15. The Labute approximate surface area is 109 Å². The Morgan fingerprint density at radius 3 is 2.53 bits per heavy atom. The summed E-state index contributed by atoms with van der Waals surface area (Å²) in [7, 11) is -5.72. The molecule has 0 bridgehead atoms. The Balaban J connectivity index is 2.55. The molecule has 1 aromatic carbocycles. The highest BCUT2D eigenvalue weighted by molar-refractivity contribution is 7.88. The van der Waals surface area contributed by atoms with E-state index in [0.717, 1.165) is 17.4 Å². The van der Waals surface area contributed by atoms with Crippen LogP contribution >= 0.6 is 11.3 Å². The molecule has 4 nitrogen and oxygen atoms in total. The van der Waals surface area contributed by atoms with Crippen molar-refractivity contribution < 1.29 is 25.8 Å². The van der Waals surface area contributed by atoms with Crippen LogP contribution in [-0.4, -0.2) is 13.9 Å². The second-order valence-corrected chi connectivity index (χ2v) is 5.82. The quantitative estimate of drug-likeness (QED) is 0.632. The zero-order valence-corrected chi connectivity index (χ0v) is 10.6. The highest BCUT2D eigenvalue weighted by atomic mass is 32.2. The van der Waals surface area contributed by atoms with Crippen LogP contribution in [0.15, 0.2) is 23.6 Å². The molecule has 9 heteroatoms. The first kappa shape index (κ1) is 13.6. The lowest BCUT2D eigenvalue weighted by molar-refractivity contribution is -0.0499. The van der Waals surface area contributed by atoms with E-state index in [4.69, 9.17) is 5.26 Å². The summed E-state index contributed by atoms with van der Waals surface area (Å²) in [5, 5.41) is 10.5. The summed E-state index contributed by atoms with van der Waals surface area (Å²) in [6.07, 6.45) is 0. The lowest BCUT2D eigenvalue weighted by atomic mass is 10.2. The van der Waals surface area contributed by atoms with Crippen LogP contribution < -0.4 is 4.18 Å². The zero-order chi connectivity index (χ0) is 14.3. The van der Waals surface area contributed by atoms with Crippen LogP contribution in [0.4, 0.5) is 13.2 Å². The van der Waals surface area contributed by atoms with Gasteiger partial charge >= 0.3 is 15.6 Å². The van der Waals surface area contributed by atoms with Crippen molar-refractivity contribution in [3.05, 3.63) is 29.1 Å². The molecule has 19 heavy (non-hydrogen) atoms. The van der Waals surface area contributed by atoms with Crippen molar-refractivity contribution >= 4 is 31.5 Å². The molecular weight excluding hydrogens is 303 g/mol. The normalized spacial score (nSPS) is 12.3. The first-order chi connectivity index (χ1) is 8.76. The molecule has 2 rings (SSSR count). The molecule has 0 spiro atoms. The van der Waals surface area contributed by atoms with Crippen LogP contribution in [0.2, 0.25) is 0 Å². The van der Waals surface area contributed by atoms with Crippen LogP contribution in [-0.2, 0) is 10.1 Å². The number of rotatable bonds is 2. The Hall–Kier alpha value is -1.79. The summed E-state index contributed by atoms with van der Waals surface area (Å²) in [5.41, 5.74) is -5.26. The summed E-state index contributed by atoms with van der Waals surface area (Å²) < 4.78 is 63.0. The number of thiophene rings is 1. The maximum Gasteiger partial charge on any atom is 0.534 e. The van der Waals surface area contributed by atoms with Gasteiger partial charge in [-0.25, -0.2) is 0 Å². The molecule has 0 saturated carbocycles. The molecule has 0 unspecified atom stereocenters. The maximum atomic E-state index is 12.2. The Bertz CT molecular complexity index is 771. The van der Waals surface area contributed by atoms with Crippen molar-refractivity contribution in [3.63, 3.8) is 0 Å². The lowest BCUT2D eigenvalue weighted by Crippen LogP contribution is -2.28. The van der Waals surface area contributed by atoms with Gasteiger partial charge in [-0.05, 0) is 23.6 Å². The fourth-order valence-electron chi connectivity index (χ4n) is 1.36. The van der Waals surface area contributed by atoms with Crippen LogP contribution in [0.5, 0.6) is 5.75 Å². The summed E-state index contributed by atoms with van der Waals surface area (Å²) in [6.45, 7) is 0. The highest BCUT2D eigenvalue weighted by Crippen LogP contribution is 2.35. The molecule has 1 heterocycles. The van der Waals surface area contributed by atoms with Gasteiger partial charge in [0.1, 0.15) is 6.07 Å². The monoisotopic (exact) mass is 307 g/mol. The van der Waals surface area contributed by atoms with Gasteiger partial charge in [0.25, 0.3) is 0 Å². The number of hydrogen-bond donors (Lipinski definition) is 0. The predicted molar refractivity (Wildman–Crippen MR) is 62.1 cm³/mol. The summed E-state index contributed by atoms with van der Waals surface area (Å²) in [4.78, 5) is 0. The van der Waals surface area contributed by atoms with E-state index in [1.54, 1.807) is 0 Å². The van der Waals surface area contributed by atoms with E-state index in [1.807, 2.05) is 6.07 Å². The fraction of sp³-hybridized carbons (Fsp3) is 0.100. The van der Waals surface area contributed by atoms with Gasteiger partial charge in [-0.1, -0.05) is 0 Å². The van der Waals surface area contributed by atoms with E-state index >= 15 is 0 Å². The minimum Gasteiger partial charge on any atom is -0.375 e. The second kappa shape index (κ2) is 4.40. The smallest absolute Gasteiger partial charge is 0.375 e. The first-order valence-corrected chi connectivity index (χ1v) is 6.96.